The molecule has 1 aromatic carbocycles. The molecule has 0 spiro atoms. The van der Waals surface area contributed by atoms with Crippen LogP contribution in [0.5, 0.6) is 0 Å². The van der Waals surface area contributed by atoms with E-state index in [2.05, 4.69) is 10.3 Å². The molecule has 2 unspecified atom stereocenters. The molecule has 19 heavy (non-hydrogen) atoms. The molecule has 3 N–H and O–H groups in total. The molecule has 0 saturated carbocycles. The van der Waals surface area contributed by atoms with E-state index in [9.17, 15) is 5.11 Å². The Labute approximate surface area is 112 Å². The SMILES string of the molecule is CCC(NCCO)C(O)c1ccc2c(c1)ncn2C. The number of hydrogen-bond acceptors (Lipinski definition) is 4. The number of aliphatic hydroxyl groups is 2. The lowest BCUT2D eigenvalue weighted by molar-refractivity contribution is 0.122. The van der Waals surface area contributed by atoms with Crippen molar-refractivity contribution in [1.29, 1.82) is 0 Å². The summed E-state index contributed by atoms with van der Waals surface area (Å²) in [5, 5.41) is 22.4. The number of nitrogens with zero attached hydrogens (tertiary/aromatic N) is 2. The fourth-order valence-electron chi connectivity index (χ4n) is 2.30. The molecule has 104 valence electrons. The Kier molecular flexibility index (Phi) is 4.52. The number of imidazole rings is 1. The third kappa shape index (κ3) is 2.94. The second-order valence-corrected chi connectivity index (χ2v) is 4.74. The smallest absolute Gasteiger partial charge is 0.0955 e. The molecule has 0 bridgehead atoms. The number of rotatable bonds is 6. The highest BCUT2D eigenvalue weighted by Gasteiger charge is 2.19. The fourth-order valence-corrected chi connectivity index (χ4v) is 2.30. The van der Waals surface area contributed by atoms with E-state index in [4.69, 9.17) is 5.11 Å². The molecule has 0 saturated heterocycles. The Balaban J connectivity index is 2.21. The van der Waals surface area contributed by atoms with Crippen LogP contribution < -0.4 is 5.32 Å². The summed E-state index contributed by atoms with van der Waals surface area (Å²) in [5.74, 6) is 0. The monoisotopic (exact) mass is 263 g/mol. The first-order chi connectivity index (χ1) is 9.17. The van der Waals surface area contributed by atoms with E-state index in [-0.39, 0.29) is 12.6 Å². The highest BCUT2D eigenvalue weighted by molar-refractivity contribution is 5.76. The van der Waals surface area contributed by atoms with Gasteiger partial charge in [-0.1, -0.05) is 13.0 Å². The van der Waals surface area contributed by atoms with Crippen LogP contribution in [0.15, 0.2) is 24.5 Å². The summed E-state index contributed by atoms with van der Waals surface area (Å²) in [4.78, 5) is 4.30. The maximum atomic E-state index is 10.4. The topological polar surface area (TPSA) is 70.3 Å². The zero-order valence-corrected chi connectivity index (χ0v) is 11.4. The molecule has 0 amide bonds. The highest BCUT2D eigenvalue weighted by atomic mass is 16.3. The zero-order chi connectivity index (χ0) is 13.8. The van der Waals surface area contributed by atoms with Crippen molar-refractivity contribution in [2.24, 2.45) is 7.05 Å². The average Bonchev–Trinajstić information content (AvgIpc) is 2.80. The Morgan fingerprint density at radius 2 is 2.21 bits per heavy atom. The molecular weight excluding hydrogens is 242 g/mol. The number of aromatic nitrogens is 2. The van der Waals surface area contributed by atoms with Crippen LogP contribution in [0.1, 0.15) is 25.0 Å². The van der Waals surface area contributed by atoms with Crippen LogP contribution in [-0.2, 0) is 7.05 Å². The lowest BCUT2D eigenvalue weighted by Gasteiger charge is -2.23. The third-order valence-electron chi connectivity index (χ3n) is 3.43. The summed E-state index contributed by atoms with van der Waals surface area (Å²) in [6.45, 7) is 2.57. The number of fused-ring (bicyclic) bond motifs is 1. The van der Waals surface area contributed by atoms with Gasteiger partial charge in [0.05, 0.1) is 30.1 Å². The molecule has 2 aromatic rings. The minimum atomic E-state index is -0.594. The maximum Gasteiger partial charge on any atom is 0.0955 e. The number of benzene rings is 1. The van der Waals surface area contributed by atoms with Gasteiger partial charge in [-0.25, -0.2) is 4.98 Å². The molecule has 0 fully saturated rings. The average molecular weight is 263 g/mol. The lowest BCUT2D eigenvalue weighted by Crippen LogP contribution is -2.36. The summed E-state index contributed by atoms with van der Waals surface area (Å²) < 4.78 is 1.95. The van der Waals surface area contributed by atoms with Gasteiger partial charge in [-0.05, 0) is 24.1 Å². The molecule has 5 heteroatoms. The molecule has 0 aliphatic rings. The number of hydrogen-bond donors (Lipinski definition) is 3. The van der Waals surface area contributed by atoms with Gasteiger partial charge in [0.15, 0.2) is 0 Å². The van der Waals surface area contributed by atoms with Crippen LogP contribution in [0.25, 0.3) is 11.0 Å². The van der Waals surface area contributed by atoms with Gasteiger partial charge in [0.2, 0.25) is 0 Å². The van der Waals surface area contributed by atoms with Crippen LogP contribution in [0.3, 0.4) is 0 Å². The normalized spacial score (nSPS) is 14.7. The van der Waals surface area contributed by atoms with Gasteiger partial charge < -0.3 is 20.1 Å². The van der Waals surface area contributed by atoms with Gasteiger partial charge in [0.25, 0.3) is 0 Å². The summed E-state index contributed by atoms with van der Waals surface area (Å²) >= 11 is 0. The van der Waals surface area contributed by atoms with Crippen molar-refractivity contribution >= 4 is 11.0 Å². The van der Waals surface area contributed by atoms with E-state index in [1.165, 1.54) is 0 Å². The van der Waals surface area contributed by atoms with Crippen molar-refractivity contribution in [3.63, 3.8) is 0 Å². The largest absolute Gasteiger partial charge is 0.395 e. The van der Waals surface area contributed by atoms with E-state index in [1.54, 1.807) is 6.33 Å². The lowest BCUT2D eigenvalue weighted by atomic mass is 10.00. The second-order valence-electron chi connectivity index (χ2n) is 4.74. The molecule has 0 radical (unpaired) electrons. The van der Waals surface area contributed by atoms with Gasteiger partial charge in [0, 0.05) is 19.6 Å². The van der Waals surface area contributed by atoms with Crippen LogP contribution >= 0.6 is 0 Å². The van der Waals surface area contributed by atoms with Crippen molar-refractivity contribution in [3.8, 4) is 0 Å². The Hall–Kier alpha value is -1.43. The molecule has 1 aromatic heterocycles. The van der Waals surface area contributed by atoms with Crippen LogP contribution in [0.4, 0.5) is 0 Å². The molecule has 2 atom stereocenters. The van der Waals surface area contributed by atoms with Crippen molar-refractivity contribution < 1.29 is 10.2 Å². The first-order valence-corrected chi connectivity index (χ1v) is 6.60. The molecule has 0 aliphatic heterocycles. The minimum Gasteiger partial charge on any atom is -0.395 e. The predicted molar refractivity (Wildman–Crippen MR) is 74.8 cm³/mol. The van der Waals surface area contributed by atoms with E-state index in [0.717, 1.165) is 23.0 Å². The molecule has 5 nitrogen and oxygen atoms in total. The van der Waals surface area contributed by atoms with Gasteiger partial charge in [-0.2, -0.15) is 0 Å². The van der Waals surface area contributed by atoms with Crippen molar-refractivity contribution in [2.75, 3.05) is 13.2 Å². The summed E-state index contributed by atoms with van der Waals surface area (Å²) in [6.07, 6.45) is 1.96. The highest BCUT2D eigenvalue weighted by Crippen LogP contribution is 2.22. The number of aryl methyl sites for hydroxylation is 1. The number of aliphatic hydroxyl groups excluding tert-OH is 2. The van der Waals surface area contributed by atoms with E-state index < -0.39 is 6.10 Å². The van der Waals surface area contributed by atoms with Crippen molar-refractivity contribution in [3.05, 3.63) is 30.1 Å². The molecule has 2 rings (SSSR count). The van der Waals surface area contributed by atoms with Crippen LogP contribution in [-0.4, -0.2) is 39.0 Å². The predicted octanol–water partition coefficient (Wildman–Crippen LogP) is 0.967. The van der Waals surface area contributed by atoms with Crippen molar-refractivity contribution in [2.45, 2.75) is 25.5 Å². The van der Waals surface area contributed by atoms with Gasteiger partial charge in [-0.15, -0.1) is 0 Å². The van der Waals surface area contributed by atoms with E-state index in [0.29, 0.717) is 6.54 Å². The molecule has 1 heterocycles. The van der Waals surface area contributed by atoms with E-state index in [1.807, 2.05) is 36.7 Å². The van der Waals surface area contributed by atoms with Gasteiger partial charge in [-0.3, -0.25) is 0 Å². The standard InChI is InChI=1S/C14H21N3O2/c1-3-11(15-6-7-18)14(19)10-4-5-13-12(8-10)16-9-17(13)2/h4-5,8-9,11,14-15,18-19H,3,6-7H2,1-2H3. The summed E-state index contributed by atoms with van der Waals surface area (Å²) in [7, 11) is 1.95. The zero-order valence-electron chi connectivity index (χ0n) is 11.4. The molecular formula is C14H21N3O2. The van der Waals surface area contributed by atoms with Crippen molar-refractivity contribution in [1.82, 2.24) is 14.9 Å². The first-order valence-electron chi connectivity index (χ1n) is 6.60. The summed E-state index contributed by atoms with van der Waals surface area (Å²) in [5.41, 5.74) is 2.78. The minimum absolute atomic E-state index is 0.0617. The van der Waals surface area contributed by atoms with Gasteiger partial charge in [0.1, 0.15) is 0 Å². The third-order valence-corrected chi connectivity index (χ3v) is 3.43. The van der Waals surface area contributed by atoms with Crippen LogP contribution in [0.2, 0.25) is 0 Å². The fraction of sp³-hybridized carbons (Fsp3) is 0.500. The molecule has 0 aliphatic carbocycles. The summed E-state index contributed by atoms with van der Waals surface area (Å²) in [6, 6.07) is 5.76. The maximum absolute atomic E-state index is 10.4. The second kappa shape index (κ2) is 6.14. The Bertz CT molecular complexity index is 538. The quantitative estimate of drug-likeness (QED) is 0.726. The Morgan fingerprint density at radius 1 is 1.42 bits per heavy atom. The van der Waals surface area contributed by atoms with Gasteiger partial charge >= 0.3 is 0 Å². The Morgan fingerprint density at radius 3 is 2.89 bits per heavy atom. The van der Waals surface area contributed by atoms with E-state index >= 15 is 0 Å². The first kappa shape index (κ1) is 14.0. The van der Waals surface area contributed by atoms with Crippen LogP contribution in [0, 0.1) is 0 Å². The number of nitrogens with one attached hydrogen (secondary N) is 1.